The average molecular weight is 341 g/mol. The summed E-state index contributed by atoms with van der Waals surface area (Å²) >= 11 is 0. The molecule has 3 rings (SSSR count). The van der Waals surface area contributed by atoms with Crippen molar-refractivity contribution in [3.63, 3.8) is 0 Å². The summed E-state index contributed by atoms with van der Waals surface area (Å²) < 4.78 is 11.1. The maximum Gasteiger partial charge on any atom is 0.421 e. The predicted molar refractivity (Wildman–Crippen MR) is 89.3 cm³/mol. The lowest BCUT2D eigenvalue weighted by molar-refractivity contribution is -0.116. The monoisotopic (exact) mass is 341 g/mol. The van der Waals surface area contributed by atoms with Crippen LogP contribution in [0, 0.1) is 0 Å². The Kier molecular flexibility index (Phi) is 4.60. The van der Waals surface area contributed by atoms with Crippen LogP contribution in [0.2, 0.25) is 0 Å². The molecule has 0 bridgehead atoms. The number of ether oxygens (including phenoxy) is 1. The van der Waals surface area contributed by atoms with Crippen molar-refractivity contribution in [3.05, 3.63) is 58.7 Å². The molecule has 3 aromatic rings. The number of hydrogen-bond donors (Lipinski definition) is 1. The molecule has 0 radical (unpaired) electrons. The van der Waals surface area contributed by atoms with Crippen molar-refractivity contribution >= 4 is 28.8 Å². The highest BCUT2D eigenvalue weighted by molar-refractivity contribution is 6.01. The van der Waals surface area contributed by atoms with Gasteiger partial charge in [0, 0.05) is 6.20 Å². The number of esters is 1. The maximum atomic E-state index is 12.3. The van der Waals surface area contributed by atoms with Crippen molar-refractivity contribution in [3.8, 4) is 0 Å². The zero-order chi connectivity index (χ0) is 17.8. The molecule has 1 aromatic carbocycles. The minimum absolute atomic E-state index is 0.225. The highest BCUT2D eigenvalue weighted by Crippen LogP contribution is 2.16. The highest BCUT2D eigenvalue weighted by Gasteiger charge is 2.17. The van der Waals surface area contributed by atoms with Crippen molar-refractivity contribution in [1.82, 2.24) is 9.55 Å². The van der Waals surface area contributed by atoms with Crippen LogP contribution in [0.15, 0.2) is 51.8 Å². The number of anilines is 1. The first-order chi connectivity index (χ1) is 12.1. The normalized spacial score (nSPS) is 10.6. The summed E-state index contributed by atoms with van der Waals surface area (Å²) in [5, 5.41) is 2.61. The molecule has 8 nitrogen and oxygen atoms in total. The van der Waals surface area contributed by atoms with E-state index in [1.54, 1.807) is 43.3 Å². The van der Waals surface area contributed by atoms with Crippen molar-refractivity contribution in [1.29, 1.82) is 0 Å². The van der Waals surface area contributed by atoms with Crippen LogP contribution in [-0.4, -0.2) is 28.0 Å². The number of oxazole rings is 1. The van der Waals surface area contributed by atoms with Gasteiger partial charge in [-0.1, -0.05) is 12.1 Å². The summed E-state index contributed by atoms with van der Waals surface area (Å²) in [6, 6.07) is 9.70. The molecule has 0 aliphatic carbocycles. The zero-order valence-electron chi connectivity index (χ0n) is 13.4. The Morgan fingerprint density at radius 3 is 2.84 bits per heavy atom. The summed E-state index contributed by atoms with van der Waals surface area (Å²) in [5.41, 5.74) is 1.12. The number of fused-ring (bicyclic) bond motifs is 1. The number of nitrogens with zero attached hydrogens (tertiary/aromatic N) is 2. The van der Waals surface area contributed by atoms with Crippen LogP contribution in [-0.2, 0) is 16.1 Å². The van der Waals surface area contributed by atoms with Gasteiger partial charge in [-0.2, -0.15) is 0 Å². The lowest BCUT2D eigenvalue weighted by atomic mass is 10.2. The van der Waals surface area contributed by atoms with Crippen molar-refractivity contribution in [2.45, 2.75) is 13.5 Å². The van der Waals surface area contributed by atoms with E-state index in [0.717, 1.165) is 4.57 Å². The number of benzene rings is 1. The molecule has 0 spiro atoms. The molecule has 25 heavy (non-hydrogen) atoms. The molecule has 2 heterocycles. The van der Waals surface area contributed by atoms with Crippen LogP contribution >= 0.6 is 0 Å². The predicted octanol–water partition coefficient (Wildman–Crippen LogP) is 1.80. The topological polar surface area (TPSA) is 103 Å². The lowest BCUT2D eigenvalue weighted by Gasteiger charge is -2.10. The number of nitrogens with one attached hydrogen (secondary N) is 1. The third-order valence-electron chi connectivity index (χ3n) is 3.42. The summed E-state index contributed by atoms with van der Waals surface area (Å²) in [5.74, 6) is -1.71. The first-order valence-electron chi connectivity index (χ1n) is 7.60. The van der Waals surface area contributed by atoms with Crippen LogP contribution in [0.3, 0.4) is 0 Å². The van der Waals surface area contributed by atoms with E-state index in [4.69, 9.17) is 9.15 Å². The molecule has 0 saturated heterocycles. The van der Waals surface area contributed by atoms with Crippen molar-refractivity contribution in [2.24, 2.45) is 0 Å². The standard InChI is InChI=1S/C17H15N3O5/c1-2-24-16(22)11-6-3-4-7-12(11)19-14(21)10-20-15-13(25-17(20)23)8-5-9-18-15/h3-9H,2,10H2,1H3,(H,19,21). The van der Waals surface area contributed by atoms with Gasteiger partial charge < -0.3 is 14.5 Å². The molecule has 0 atom stereocenters. The van der Waals surface area contributed by atoms with Gasteiger partial charge in [0.25, 0.3) is 0 Å². The molecule has 1 N–H and O–H groups in total. The number of carbonyl (C=O) groups is 2. The first kappa shape index (κ1) is 16.4. The fourth-order valence-corrected chi connectivity index (χ4v) is 2.35. The largest absolute Gasteiger partial charge is 0.462 e. The molecule has 2 aromatic heterocycles. The number of hydrogen-bond acceptors (Lipinski definition) is 6. The van der Waals surface area contributed by atoms with E-state index in [1.165, 1.54) is 6.20 Å². The Balaban J connectivity index is 1.83. The van der Waals surface area contributed by atoms with Gasteiger partial charge in [-0.15, -0.1) is 0 Å². The quantitative estimate of drug-likeness (QED) is 0.710. The fraction of sp³-hybridized carbons (Fsp3) is 0.176. The summed E-state index contributed by atoms with van der Waals surface area (Å²) in [6.07, 6.45) is 1.50. The van der Waals surface area contributed by atoms with Gasteiger partial charge in [-0.3, -0.25) is 4.79 Å². The van der Waals surface area contributed by atoms with Gasteiger partial charge in [0.05, 0.1) is 17.9 Å². The Bertz CT molecular complexity index is 989. The van der Waals surface area contributed by atoms with Crippen LogP contribution < -0.4 is 11.1 Å². The number of amides is 1. The number of carbonyl (C=O) groups excluding carboxylic acids is 2. The fourth-order valence-electron chi connectivity index (χ4n) is 2.35. The zero-order valence-corrected chi connectivity index (χ0v) is 13.4. The van der Waals surface area contributed by atoms with E-state index in [9.17, 15) is 14.4 Å². The maximum absolute atomic E-state index is 12.3. The second-order valence-electron chi connectivity index (χ2n) is 5.09. The average Bonchev–Trinajstić information content (AvgIpc) is 2.91. The second-order valence-corrected chi connectivity index (χ2v) is 5.09. The van der Waals surface area contributed by atoms with Crippen molar-refractivity contribution < 1.29 is 18.7 Å². The second kappa shape index (κ2) is 7.00. The van der Waals surface area contributed by atoms with E-state index in [-0.39, 0.29) is 24.4 Å². The third-order valence-corrected chi connectivity index (χ3v) is 3.42. The summed E-state index contributed by atoms with van der Waals surface area (Å²) in [4.78, 5) is 40.2. The minimum Gasteiger partial charge on any atom is -0.462 e. The Morgan fingerprint density at radius 1 is 1.24 bits per heavy atom. The van der Waals surface area contributed by atoms with Gasteiger partial charge >= 0.3 is 11.7 Å². The van der Waals surface area contributed by atoms with E-state index >= 15 is 0 Å². The molecule has 1 amide bonds. The van der Waals surface area contributed by atoms with Crippen LogP contribution in [0.4, 0.5) is 5.69 Å². The molecule has 0 unspecified atom stereocenters. The van der Waals surface area contributed by atoms with E-state index in [0.29, 0.717) is 11.3 Å². The molecule has 8 heteroatoms. The molecular weight excluding hydrogens is 326 g/mol. The van der Waals surface area contributed by atoms with E-state index in [1.807, 2.05) is 0 Å². The lowest BCUT2D eigenvalue weighted by Crippen LogP contribution is -2.25. The molecule has 0 aliphatic rings. The molecular formula is C17H15N3O5. The molecule has 0 aliphatic heterocycles. The Hall–Kier alpha value is -3.42. The van der Waals surface area contributed by atoms with Gasteiger partial charge in [0.2, 0.25) is 5.91 Å². The van der Waals surface area contributed by atoms with Gasteiger partial charge in [-0.25, -0.2) is 19.1 Å². The number of aromatic nitrogens is 2. The highest BCUT2D eigenvalue weighted by atomic mass is 16.5. The minimum atomic E-state index is -0.678. The van der Waals surface area contributed by atoms with E-state index in [2.05, 4.69) is 10.3 Å². The Morgan fingerprint density at radius 2 is 2.04 bits per heavy atom. The van der Waals surface area contributed by atoms with Crippen LogP contribution in [0.25, 0.3) is 11.2 Å². The van der Waals surface area contributed by atoms with Gasteiger partial charge in [0.1, 0.15) is 6.54 Å². The van der Waals surface area contributed by atoms with Gasteiger partial charge in [-0.05, 0) is 31.2 Å². The molecule has 0 saturated carbocycles. The summed E-state index contributed by atoms with van der Waals surface area (Å²) in [7, 11) is 0. The number of rotatable bonds is 5. The third kappa shape index (κ3) is 3.42. The van der Waals surface area contributed by atoms with Crippen LogP contribution in [0.5, 0.6) is 0 Å². The Labute approximate surface area is 142 Å². The number of pyridine rings is 1. The molecule has 0 fully saturated rings. The van der Waals surface area contributed by atoms with E-state index < -0.39 is 17.6 Å². The van der Waals surface area contributed by atoms with Crippen molar-refractivity contribution in [2.75, 3.05) is 11.9 Å². The first-order valence-corrected chi connectivity index (χ1v) is 7.60. The van der Waals surface area contributed by atoms with Gasteiger partial charge in [0.15, 0.2) is 11.2 Å². The molecule has 128 valence electrons. The SMILES string of the molecule is CCOC(=O)c1ccccc1NC(=O)Cn1c(=O)oc2cccnc21. The number of para-hydroxylation sites is 1. The summed E-state index contributed by atoms with van der Waals surface area (Å²) in [6.45, 7) is 1.63. The van der Waals surface area contributed by atoms with Crippen LogP contribution in [0.1, 0.15) is 17.3 Å². The smallest absolute Gasteiger partial charge is 0.421 e.